The number of benzene rings is 1. The van der Waals surface area contributed by atoms with E-state index in [1.165, 1.54) is 12.0 Å². The molecule has 1 atom stereocenters. The number of anilines is 1. The fourth-order valence-electron chi connectivity index (χ4n) is 2.51. The molecule has 5 heteroatoms. The first-order valence-electron chi connectivity index (χ1n) is 6.15. The average molecular weight is 373 g/mol. The largest absolute Gasteiger partial charge is 0.342 e. The van der Waals surface area contributed by atoms with E-state index in [4.69, 9.17) is 4.98 Å². The molecule has 1 unspecified atom stereocenters. The molecule has 18 heavy (non-hydrogen) atoms. The Bertz CT molecular complexity index is 606. The highest BCUT2D eigenvalue weighted by atomic mass is 79.9. The first kappa shape index (κ1) is 12.5. The van der Waals surface area contributed by atoms with Gasteiger partial charge >= 0.3 is 0 Å². The normalized spacial score (nSPS) is 20.0. The Balaban J connectivity index is 2.08. The number of halogens is 2. The van der Waals surface area contributed by atoms with Crippen LogP contribution >= 0.6 is 31.9 Å². The Kier molecular flexibility index (Phi) is 3.14. The van der Waals surface area contributed by atoms with Gasteiger partial charge in [0.05, 0.1) is 11.0 Å². The summed E-state index contributed by atoms with van der Waals surface area (Å²) in [6.07, 6.45) is 1.25. The quantitative estimate of drug-likeness (QED) is 0.811. The molecule has 1 aromatic carbocycles. The van der Waals surface area contributed by atoms with Gasteiger partial charge in [-0.1, -0.05) is 6.92 Å². The van der Waals surface area contributed by atoms with Crippen LogP contribution in [-0.2, 0) is 0 Å². The summed E-state index contributed by atoms with van der Waals surface area (Å²) in [5, 5.41) is 0. The molecule has 0 spiro atoms. The topological polar surface area (TPSA) is 31.9 Å². The molecule has 1 aromatic heterocycles. The van der Waals surface area contributed by atoms with E-state index in [2.05, 4.69) is 61.7 Å². The van der Waals surface area contributed by atoms with Crippen molar-refractivity contribution in [2.75, 3.05) is 18.0 Å². The van der Waals surface area contributed by atoms with Gasteiger partial charge in [-0.3, -0.25) is 0 Å². The molecule has 1 saturated heterocycles. The van der Waals surface area contributed by atoms with Crippen molar-refractivity contribution in [1.29, 1.82) is 0 Å². The first-order chi connectivity index (χ1) is 8.56. The maximum Gasteiger partial charge on any atom is 0.203 e. The maximum atomic E-state index is 4.75. The van der Waals surface area contributed by atoms with Gasteiger partial charge in [0.25, 0.3) is 0 Å². The molecule has 3 nitrogen and oxygen atoms in total. The van der Waals surface area contributed by atoms with E-state index < -0.39 is 0 Å². The van der Waals surface area contributed by atoms with Crippen molar-refractivity contribution in [3.63, 3.8) is 0 Å². The summed E-state index contributed by atoms with van der Waals surface area (Å²) in [6, 6.07) is 2.09. The van der Waals surface area contributed by atoms with Crippen LogP contribution in [-0.4, -0.2) is 23.1 Å². The van der Waals surface area contributed by atoms with Crippen molar-refractivity contribution in [3.05, 3.63) is 20.6 Å². The van der Waals surface area contributed by atoms with Crippen molar-refractivity contribution >= 4 is 48.8 Å². The van der Waals surface area contributed by atoms with Crippen molar-refractivity contribution in [2.45, 2.75) is 20.3 Å². The lowest BCUT2D eigenvalue weighted by molar-refractivity contribution is 0.658. The predicted molar refractivity (Wildman–Crippen MR) is 82.2 cm³/mol. The summed E-state index contributed by atoms with van der Waals surface area (Å²) in [5.74, 6) is 1.76. The molecule has 3 rings (SSSR count). The lowest BCUT2D eigenvalue weighted by atomic mass is 10.2. The van der Waals surface area contributed by atoms with Gasteiger partial charge in [0, 0.05) is 22.0 Å². The van der Waals surface area contributed by atoms with Crippen LogP contribution in [0.4, 0.5) is 5.95 Å². The Hall–Kier alpha value is -0.550. The van der Waals surface area contributed by atoms with Crippen LogP contribution in [0.15, 0.2) is 15.0 Å². The summed E-state index contributed by atoms with van der Waals surface area (Å²) < 4.78 is 2.15. The van der Waals surface area contributed by atoms with Gasteiger partial charge in [0.15, 0.2) is 0 Å². The Morgan fingerprint density at radius 1 is 1.44 bits per heavy atom. The van der Waals surface area contributed by atoms with Gasteiger partial charge in [0.2, 0.25) is 5.95 Å². The lowest BCUT2D eigenvalue weighted by Crippen LogP contribution is -2.20. The molecule has 1 N–H and O–H groups in total. The monoisotopic (exact) mass is 371 g/mol. The van der Waals surface area contributed by atoms with E-state index in [0.29, 0.717) is 0 Å². The number of rotatable bonds is 1. The van der Waals surface area contributed by atoms with Crippen molar-refractivity contribution in [1.82, 2.24) is 9.97 Å². The molecule has 0 bridgehead atoms. The number of fused-ring (bicyclic) bond motifs is 1. The number of H-pyrrole nitrogens is 1. The summed E-state index contributed by atoms with van der Waals surface area (Å²) >= 11 is 7.15. The Labute approximate surface area is 123 Å². The molecular formula is C13H15Br2N3. The molecule has 2 aromatic rings. The summed E-state index contributed by atoms with van der Waals surface area (Å²) in [7, 11) is 0. The van der Waals surface area contributed by atoms with Crippen LogP contribution in [0.3, 0.4) is 0 Å². The van der Waals surface area contributed by atoms with Crippen LogP contribution in [0.1, 0.15) is 18.9 Å². The number of imidazole rings is 1. The zero-order valence-electron chi connectivity index (χ0n) is 10.4. The van der Waals surface area contributed by atoms with Crippen molar-refractivity contribution in [2.24, 2.45) is 5.92 Å². The molecule has 0 radical (unpaired) electrons. The van der Waals surface area contributed by atoms with Gasteiger partial charge in [0.1, 0.15) is 0 Å². The van der Waals surface area contributed by atoms with E-state index in [-0.39, 0.29) is 0 Å². The lowest BCUT2D eigenvalue weighted by Gasteiger charge is -2.13. The number of aryl methyl sites for hydroxylation is 1. The molecule has 0 amide bonds. The first-order valence-corrected chi connectivity index (χ1v) is 7.74. The highest BCUT2D eigenvalue weighted by molar-refractivity contribution is 9.13. The smallest absolute Gasteiger partial charge is 0.203 e. The molecule has 1 aliphatic heterocycles. The molecule has 0 saturated carbocycles. The van der Waals surface area contributed by atoms with Gasteiger partial charge in [-0.2, -0.15) is 0 Å². The molecule has 1 fully saturated rings. The highest BCUT2D eigenvalue weighted by Crippen LogP contribution is 2.33. The Morgan fingerprint density at radius 3 is 2.89 bits per heavy atom. The second kappa shape index (κ2) is 4.53. The molecule has 1 aliphatic rings. The standard InChI is InChI=1S/C13H15Br2N3/c1-7-3-4-18(6-7)13-16-10-5-9(14)11(15)8(2)12(10)17-13/h5,7H,3-4,6H2,1-2H3,(H,16,17). The minimum Gasteiger partial charge on any atom is -0.342 e. The van der Waals surface area contributed by atoms with E-state index >= 15 is 0 Å². The second-order valence-electron chi connectivity index (χ2n) is 5.09. The van der Waals surface area contributed by atoms with E-state index in [9.17, 15) is 0 Å². The van der Waals surface area contributed by atoms with E-state index in [0.717, 1.165) is 44.9 Å². The summed E-state index contributed by atoms with van der Waals surface area (Å²) in [4.78, 5) is 10.5. The Morgan fingerprint density at radius 2 is 2.22 bits per heavy atom. The fraction of sp³-hybridized carbons (Fsp3) is 0.462. The highest BCUT2D eigenvalue weighted by Gasteiger charge is 2.22. The number of aromatic nitrogens is 2. The third kappa shape index (κ3) is 1.97. The number of nitrogens with zero attached hydrogens (tertiary/aromatic N) is 2. The van der Waals surface area contributed by atoms with Crippen LogP contribution in [0.25, 0.3) is 11.0 Å². The van der Waals surface area contributed by atoms with Gasteiger partial charge in [-0.15, -0.1) is 0 Å². The minimum atomic E-state index is 0.762. The van der Waals surface area contributed by atoms with Crippen molar-refractivity contribution < 1.29 is 0 Å². The third-order valence-electron chi connectivity index (χ3n) is 3.61. The summed E-state index contributed by atoms with van der Waals surface area (Å²) in [6.45, 7) is 6.58. The third-order valence-corrected chi connectivity index (χ3v) is 5.79. The van der Waals surface area contributed by atoms with Gasteiger partial charge in [-0.05, 0) is 62.8 Å². The van der Waals surface area contributed by atoms with Crippen LogP contribution < -0.4 is 4.90 Å². The SMILES string of the molecule is Cc1c(Br)c(Br)cc2[nH]c(N3CCC(C)C3)nc12. The second-order valence-corrected chi connectivity index (χ2v) is 6.74. The van der Waals surface area contributed by atoms with Crippen molar-refractivity contribution in [3.8, 4) is 0 Å². The van der Waals surface area contributed by atoms with Crippen LogP contribution in [0.5, 0.6) is 0 Å². The van der Waals surface area contributed by atoms with Crippen LogP contribution in [0.2, 0.25) is 0 Å². The molecule has 96 valence electrons. The van der Waals surface area contributed by atoms with Gasteiger partial charge < -0.3 is 9.88 Å². The zero-order valence-corrected chi connectivity index (χ0v) is 13.6. The molecular weight excluding hydrogens is 358 g/mol. The maximum absolute atomic E-state index is 4.75. The molecule has 0 aliphatic carbocycles. The van der Waals surface area contributed by atoms with E-state index in [1.807, 2.05) is 0 Å². The summed E-state index contributed by atoms with van der Waals surface area (Å²) in [5.41, 5.74) is 3.32. The molecule has 2 heterocycles. The predicted octanol–water partition coefficient (Wildman–Crippen LogP) is 4.24. The minimum absolute atomic E-state index is 0.762. The number of aromatic amines is 1. The van der Waals surface area contributed by atoms with Gasteiger partial charge in [-0.25, -0.2) is 4.98 Å². The number of nitrogens with one attached hydrogen (secondary N) is 1. The van der Waals surface area contributed by atoms with Crippen LogP contribution in [0, 0.1) is 12.8 Å². The van der Waals surface area contributed by atoms with E-state index in [1.54, 1.807) is 0 Å². The average Bonchev–Trinajstić information content (AvgIpc) is 2.92. The number of hydrogen-bond acceptors (Lipinski definition) is 2. The fourth-order valence-corrected chi connectivity index (χ4v) is 3.34. The zero-order chi connectivity index (χ0) is 12.9. The number of hydrogen-bond donors (Lipinski definition) is 1.